The van der Waals surface area contributed by atoms with Crippen LogP contribution < -0.4 is 0 Å². The number of carbonyl (C=O) groups is 2. The Kier molecular flexibility index (Phi) is 4.31. The first-order valence-corrected chi connectivity index (χ1v) is 7.29. The van der Waals surface area contributed by atoms with Crippen LogP contribution in [0.5, 0.6) is 0 Å². The zero-order valence-electron chi connectivity index (χ0n) is 10.2. The lowest BCUT2D eigenvalue weighted by atomic mass is 10.1. The zero-order valence-corrected chi connectivity index (χ0v) is 11.0. The Morgan fingerprint density at radius 2 is 2.06 bits per heavy atom. The molecule has 4 nitrogen and oxygen atoms in total. The number of esters is 1. The SMILES string of the molecule is COC(=O)C1CCCN1C(=O)C1CCCCS1. The van der Waals surface area contributed by atoms with E-state index in [-0.39, 0.29) is 23.2 Å². The molecule has 0 N–H and O–H groups in total. The van der Waals surface area contributed by atoms with Crippen molar-refractivity contribution in [2.24, 2.45) is 0 Å². The Bertz CT molecular complexity index is 302. The van der Waals surface area contributed by atoms with Gasteiger partial charge in [0.25, 0.3) is 0 Å². The molecular formula is C12H19NO3S. The van der Waals surface area contributed by atoms with Gasteiger partial charge in [-0.3, -0.25) is 4.79 Å². The Labute approximate surface area is 106 Å². The van der Waals surface area contributed by atoms with Crippen molar-refractivity contribution in [2.45, 2.75) is 43.4 Å². The van der Waals surface area contributed by atoms with Crippen LogP contribution in [0, 0.1) is 0 Å². The Hall–Kier alpha value is -0.710. The summed E-state index contributed by atoms with van der Waals surface area (Å²) in [6.07, 6.45) is 4.93. The third kappa shape index (κ3) is 2.76. The van der Waals surface area contributed by atoms with Gasteiger partial charge >= 0.3 is 5.97 Å². The molecule has 0 spiro atoms. The van der Waals surface area contributed by atoms with Crippen LogP contribution in [-0.4, -0.2) is 47.5 Å². The smallest absolute Gasteiger partial charge is 0.328 e. The van der Waals surface area contributed by atoms with Crippen molar-refractivity contribution in [3.63, 3.8) is 0 Å². The second-order valence-electron chi connectivity index (χ2n) is 4.57. The van der Waals surface area contributed by atoms with E-state index in [1.807, 2.05) is 0 Å². The van der Waals surface area contributed by atoms with Crippen LogP contribution in [-0.2, 0) is 14.3 Å². The highest BCUT2D eigenvalue weighted by Gasteiger charge is 2.38. The van der Waals surface area contributed by atoms with Crippen molar-refractivity contribution in [1.29, 1.82) is 0 Å². The van der Waals surface area contributed by atoms with E-state index in [1.54, 1.807) is 16.7 Å². The maximum absolute atomic E-state index is 12.3. The van der Waals surface area contributed by atoms with Gasteiger partial charge in [-0.25, -0.2) is 4.79 Å². The molecule has 2 fully saturated rings. The largest absolute Gasteiger partial charge is 0.467 e. The van der Waals surface area contributed by atoms with Gasteiger partial charge in [0.2, 0.25) is 5.91 Å². The zero-order chi connectivity index (χ0) is 12.3. The monoisotopic (exact) mass is 257 g/mol. The molecule has 0 aromatic rings. The summed E-state index contributed by atoms with van der Waals surface area (Å²) < 4.78 is 4.76. The van der Waals surface area contributed by atoms with E-state index in [4.69, 9.17) is 4.74 Å². The van der Waals surface area contributed by atoms with Gasteiger partial charge in [-0.05, 0) is 31.4 Å². The highest BCUT2D eigenvalue weighted by atomic mass is 32.2. The Morgan fingerprint density at radius 1 is 1.24 bits per heavy atom. The number of ether oxygens (including phenoxy) is 1. The van der Waals surface area contributed by atoms with Gasteiger partial charge in [0.15, 0.2) is 0 Å². The van der Waals surface area contributed by atoms with Crippen LogP contribution in [0.3, 0.4) is 0 Å². The van der Waals surface area contributed by atoms with Crippen LogP contribution >= 0.6 is 11.8 Å². The molecule has 0 radical (unpaired) electrons. The van der Waals surface area contributed by atoms with Gasteiger partial charge < -0.3 is 9.64 Å². The van der Waals surface area contributed by atoms with Gasteiger partial charge in [-0.15, -0.1) is 11.8 Å². The summed E-state index contributed by atoms with van der Waals surface area (Å²) in [7, 11) is 1.39. The number of hydrogen-bond acceptors (Lipinski definition) is 4. The minimum absolute atomic E-state index is 0.0639. The second-order valence-corrected chi connectivity index (χ2v) is 5.88. The third-order valence-electron chi connectivity index (χ3n) is 3.46. The van der Waals surface area contributed by atoms with Gasteiger partial charge in [0, 0.05) is 6.54 Å². The van der Waals surface area contributed by atoms with E-state index in [9.17, 15) is 9.59 Å². The molecule has 0 aliphatic carbocycles. The highest BCUT2D eigenvalue weighted by Crippen LogP contribution is 2.29. The third-order valence-corrected chi connectivity index (χ3v) is 4.83. The maximum Gasteiger partial charge on any atom is 0.328 e. The number of likely N-dealkylation sites (tertiary alicyclic amines) is 1. The molecule has 0 aromatic carbocycles. The van der Waals surface area contributed by atoms with Crippen molar-refractivity contribution in [2.75, 3.05) is 19.4 Å². The number of nitrogens with zero attached hydrogens (tertiary/aromatic N) is 1. The number of methoxy groups -OCH3 is 1. The van der Waals surface area contributed by atoms with E-state index in [0.717, 1.165) is 31.4 Å². The minimum atomic E-state index is -0.338. The standard InChI is InChI=1S/C12H19NO3S/c1-16-12(15)9-5-4-7-13(9)11(14)10-6-2-3-8-17-10/h9-10H,2-8H2,1H3. The molecule has 2 unspecified atom stereocenters. The van der Waals surface area contributed by atoms with Crippen LogP contribution in [0.4, 0.5) is 0 Å². The number of hydrogen-bond donors (Lipinski definition) is 0. The number of amides is 1. The summed E-state index contributed by atoms with van der Waals surface area (Å²) in [6, 6.07) is -0.338. The average molecular weight is 257 g/mol. The lowest BCUT2D eigenvalue weighted by Crippen LogP contribution is -2.45. The van der Waals surface area contributed by atoms with Gasteiger partial charge in [0.1, 0.15) is 6.04 Å². The van der Waals surface area contributed by atoms with Crippen molar-refractivity contribution in [1.82, 2.24) is 4.90 Å². The fraction of sp³-hybridized carbons (Fsp3) is 0.833. The predicted molar refractivity (Wildman–Crippen MR) is 66.8 cm³/mol. The summed E-state index contributed by atoms with van der Waals surface area (Å²) in [4.78, 5) is 25.6. The number of rotatable bonds is 2. The highest BCUT2D eigenvalue weighted by molar-refractivity contribution is 8.00. The molecule has 0 aromatic heterocycles. The van der Waals surface area contributed by atoms with Crippen molar-refractivity contribution in [3.8, 4) is 0 Å². The lowest BCUT2D eigenvalue weighted by Gasteiger charge is -2.28. The quantitative estimate of drug-likeness (QED) is 0.702. The van der Waals surface area contributed by atoms with Crippen molar-refractivity contribution in [3.05, 3.63) is 0 Å². The molecular weight excluding hydrogens is 238 g/mol. The predicted octanol–water partition coefficient (Wildman–Crippen LogP) is 1.44. The fourth-order valence-electron chi connectivity index (χ4n) is 2.53. The van der Waals surface area contributed by atoms with Crippen LogP contribution in [0.1, 0.15) is 32.1 Å². The first kappa shape index (κ1) is 12.7. The molecule has 2 aliphatic heterocycles. The molecule has 0 saturated carbocycles. The van der Waals surface area contributed by atoms with Gasteiger partial charge in [-0.2, -0.15) is 0 Å². The van der Waals surface area contributed by atoms with Crippen LogP contribution in [0.25, 0.3) is 0 Å². The van der Waals surface area contributed by atoms with Crippen LogP contribution in [0.15, 0.2) is 0 Å². The molecule has 5 heteroatoms. The Morgan fingerprint density at radius 3 is 2.71 bits per heavy atom. The lowest BCUT2D eigenvalue weighted by molar-refractivity contribution is -0.150. The Balaban J connectivity index is 1.99. The average Bonchev–Trinajstić information content (AvgIpc) is 2.87. The van der Waals surface area contributed by atoms with Crippen molar-refractivity contribution < 1.29 is 14.3 Å². The molecule has 17 heavy (non-hydrogen) atoms. The summed E-state index contributed by atoms with van der Waals surface area (Å²) >= 11 is 1.74. The molecule has 96 valence electrons. The first-order valence-electron chi connectivity index (χ1n) is 6.24. The molecule has 1 amide bonds. The normalized spacial score (nSPS) is 29.1. The molecule has 2 atom stereocenters. The van der Waals surface area contributed by atoms with E-state index >= 15 is 0 Å². The topological polar surface area (TPSA) is 46.6 Å². The van der Waals surface area contributed by atoms with E-state index in [1.165, 1.54) is 13.5 Å². The van der Waals surface area contributed by atoms with Gasteiger partial charge in [0.05, 0.1) is 12.4 Å². The minimum Gasteiger partial charge on any atom is -0.467 e. The fourth-order valence-corrected chi connectivity index (χ4v) is 3.80. The number of thioether (sulfide) groups is 1. The molecule has 0 bridgehead atoms. The number of carbonyl (C=O) groups excluding carboxylic acids is 2. The van der Waals surface area contributed by atoms with E-state index < -0.39 is 0 Å². The van der Waals surface area contributed by atoms with E-state index in [0.29, 0.717) is 6.54 Å². The molecule has 2 saturated heterocycles. The maximum atomic E-state index is 12.3. The molecule has 2 heterocycles. The summed E-state index contributed by atoms with van der Waals surface area (Å²) in [6.45, 7) is 0.704. The van der Waals surface area contributed by atoms with E-state index in [2.05, 4.69) is 0 Å². The van der Waals surface area contributed by atoms with Crippen LogP contribution in [0.2, 0.25) is 0 Å². The molecule has 2 aliphatic rings. The summed E-state index contributed by atoms with van der Waals surface area (Å²) in [5.41, 5.74) is 0. The molecule has 2 rings (SSSR count). The first-order chi connectivity index (χ1) is 8.24. The van der Waals surface area contributed by atoms with Crippen molar-refractivity contribution >= 4 is 23.6 Å². The summed E-state index contributed by atoms with van der Waals surface area (Å²) in [5, 5.41) is 0.0639. The van der Waals surface area contributed by atoms with Gasteiger partial charge in [-0.1, -0.05) is 6.42 Å². The second kappa shape index (κ2) is 5.76. The summed E-state index contributed by atoms with van der Waals surface area (Å²) in [5.74, 6) is 0.937.